The smallest absolute Gasteiger partial charge is 0.344 e. The number of aryl methyl sites for hydroxylation is 3. The molecule has 1 amide bonds. The van der Waals surface area contributed by atoms with E-state index in [1.807, 2.05) is 6.92 Å². The second kappa shape index (κ2) is 7.04. The molecule has 1 N–H and O–H groups in total. The van der Waals surface area contributed by atoms with E-state index in [4.69, 9.17) is 9.26 Å². The van der Waals surface area contributed by atoms with Gasteiger partial charge in [-0.25, -0.2) is 9.18 Å². The largest absolute Gasteiger partial charge is 0.452 e. The molecule has 0 saturated carbocycles. The van der Waals surface area contributed by atoms with Gasteiger partial charge in [0.15, 0.2) is 6.61 Å². The van der Waals surface area contributed by atoms with Crippen molar-refractivity contribution in [3.05, 3.63) is 46.6 Å². The Labute approximate surface area is 132 Å². The van der Waals surface area contributed by atoms with Crippen LogP contribution in [0.1, 0.15) is 34.3 Å². The molecule has 0 aliphatic carbocycles. The Bertz CT molecular complexity index is 740. The molecule has 0 fully saturated rings. The third-order valence-corrected chi connectivity index (χ3v) is 3.28. The van der Waals surface area contributed by atoms with Crippen LogP contribution in [0, 0.1) is 19.7 Å². The Balaban J connectivity index is 1.97. The number of halogens is 1. The van der Waals surface area contributed by atoms with Crippen LogP contribution in [-0.4, -0.2) is 23.6 Å². The minimum atomic E-state index is -0.674. The zero-order valence-electron chi connectivity index (χ0n) is 13.1. The highest BCUT2D eigenvalue weighted by Crippen LogP contribution is 2.17. The molecule has 2 rings (SSSR count). The first kappa shape index (κ1) is 16.7. The van der Waals surface area contributed by atoms with Gasteiger partial charge in [0.1, 0.15) is 17.1 Å². The lowest BCUT2D eigenvalue weighted by molar-refractivity contribution is -0.119. The first-order valence-corrected chi connectivity index (χ1v) is 7.10. The fourth-order valence-electron chi connectivity index (χ4n) is 2.04. The Hall–Kier alpha value is -2.70. The average Bonchev–Trinajstić information content (AvgIpc) is 2.89. The number of nitrogens with one attached hydrogen (secondary N) is 1. The van der Waals surface area contributed by atoms with Crippen LogP contribution in [0.25, 0.3) is 0 Å². The van der Waals surface area contributed by atoms with Crippen molar-refractivity contribution < 1.29 is 23.2 Å². The van der Waals surface area contributed by atoms with E-state index < -0.39 is 24.3 Å². The van der Waals surface area contributed by atoms with Crippen molar-refractivity contribution in [2.24, 2.45) is 0 Å². The standard InChI is InChI=1S/C16H17FN2O4/c1-4-12-15(10(3)23-19-12)16(21)22-8-14(20)18-13-7-11(17)6-5-9(13)2/h5-7H,4,8H2,1-3H3,(H,18,20). The fraction of sp³-hybridized carbons (Fsp3) is 0.312. The first-order chi connectivity index (χ1) is 10.9. The van der Waals surface area contributed by atoms with E-state index in [1.165, 1.54) is 12.1 Å². The van der Waals surface area contributed by atoms with Gasteiger partial charge in [-0.15, -0.1) is 0 Å². The van der Waals surface area contributed by atoms with Gasteiger partial charge in [-0.05, 0) is 38.0 Å². The molecular weight excluding hydrogens is 303 g/mol. The molecule has 7 heteroatoms. The molecule has 1 aromatic carbocycles. The highest BCUT2D eigenvalue weighted by atomic mass is 19.1. The molecule has 2 aromatic rings. The molecule has 6 nitrogen and oxygen atoms in total. The highest BCUT2D eigenvalue weighted by molar-refractivity contribution is 5.96. The van der Waals surface area contributed by atoms with E-state index in [0.29, 0.717) is 29.1 Å². The van der Waals surface area contributed by atoms with Crippen LogP contribution < -0.4 is 5.32 Å². The minimum Gasteiger partial charge on any atom is -0.452 e. The van der Waals surface area contributed by atoms with Gasteiger partial charge in [0, 0.05) is 5.69 Å². The number of carbonyl (C=O) groups is 2. The number of rotatable bonds is 5. The number of hydrogen-bond acceptors (Lipinski definition) is 5. The lowest BCUT2D eigenvalue weighted by atomic mass is 10.1. The average molecular weight is 320 g/mol. The highest BCUT2D eigenvalue weighted by Gasteiger charge is 2.21. The van der Waals surface area contributed by atoms with E-state index in [0.717, 1.165) is 0 Å². The van der Waals surface area contributed by atoms with E-state index in [1.54, 1.807) is 19.9 Å². The molecule has 1 aromatic heterocycles. The van der Waals surface area contributed by atoms with Crippen molar-refractivity contribution in [1.82, 2.24) is 5.16 Å². The van der Waals surface area contributed by atoms with Gasteiger partial charge >= 0.3 is 5.97 Å². The maximum atomic E-state index is 13.2. The summed E-state index contributed by atoms with van der Waals surface area (Å²) in [6.45, 7) is 4.67. The maximum absolute atomic E-state index is 13.2. The fourth-order valence-corrected chi connectivity index (χ4v) is 2.04. The van der Waals surface area contributed by atoms with Crippen molar-refractivity contribution in [3.8, 4) is 0 Å². The monoisotopic (exact) mass is 320 g/mol. The summed E-state index contributed by atoms with van der Waals surface area (Å²) in [4.78, 5) is 23.9. The lowest BCUT2D eigenvalue weighted by Gasteiger charge is -2.09. The topological polar surface area (TPSA) is 81.4 Å². The number of carbonyl (C=O) groups excluding carboxylic acids is 2. The second-order valence-corrected chi connectivity index (χ2v) is 5.00. The van der Waals surface area contributed by atoms with Crippen LogP contribution in [0.15, 0.2) is 22.7 Å². The van der Waals surface area contributed by atoms with Crippen LogP contribution >= 0.6 is 0 Å². The predicted molar refractivity (Wildman–Crippen MR) is 80.7 cm³/mol. The van der Waals surface area contributed by atoms with E-state index >= 15 is 0 Å². The third kappa shape index (κ3) is 3.94. The number of anilines is 1. The van der Waals surface area contributed by atoms with Crippen LogP contribution in [0.4, 0.5) is 10.1 Å². The van der Waals surface area contributed by atoms with Gasteiger partial charge in [-0.1, -0.05) is 18.1 Å². The van der Waals surface area contributed by atoms with E-state index in [-0.39, 0.29) is 5.56 Å². The number of esters is 1. The van der Waals surface area contributed by atoms with E-state index in [9.17, 15) is 14.0 Å². The van der Waals surface area contributed by atoms with Crippen LogP contribution in [0.5, 0.6) is 0 Å². The van der Waals surface area contributed by atoms with Crippen LogP contribution in [0.3, 0.4) is 0 Å². The molecule has 122 valence electrons. The predicted octanol–water partition coefficient (Wildman–Crippen LogP) is 2.79. The zero-order chi connectivity index (χ0) is 17.0. The Morgan fingerprint density at radius 2 is 2.09 bits per heavy atom. The van der Waals surface area contributed by atoms with Gasteiger partial charge < -0.3 is 14.6 Å². The lowest BCUT2D eigenvalue weighted by Crippen LogP contribution is -2.22. The molecule has 0 radical (unpaired) electrons. The third-order valence-electron chi connectivity index (χ3n) is 3.28. The number of nitrogens with zero attached hydrogens (tertiary/aromatic N) is 1. The molecule has 0 spiro atoms. The molecule has 0 atom stereocenters. The summed E-state index contributed by atoms with van der Waals surface area (Å²) in [6, 6.07) is 4.05. The Kier molecular flexibility index (Phi) is 5.10. The number of aromatic nitrogens is 1. The Morgan fingerprint density at radius 3 is 2.78 bits per heavy atom. The summed E-state index contributed by atoms with van der Waals surface area (Å²) in [7, 11) is 0. The SMILES string of the molecule is CCc1noc(C)c1C(=O)OCC(=O)Nc1cc(F)ccc1C. The van der Waals surface area contributed by atoms with Crippen molar-refractivity contribution >= 4 is 17.6 Å². The normalized spacial score (nSPS) is 10.4. The number of benzene rings is 1. The number of hydrogen-bond donors (Lipinski definition) is 1. The Morgan fingerprint density at radius 1 is 1.35 bits per heavy atom. The summed E-state index contributed by atoms with van der Waals surface area (Å²) < 4.78 is 23.1. The van der Waals surface area contributed by atoms with Crippen molar-refractivity contribution in [3.63, 3.8) is 0 Å². The molecule has 0 bridgehead atoms. The van der Waals surface area contributed by atoms with Crippen LogP contribution in [0.2, 0.25) is 0 Å². The molecule has 23 heavy (non-hydrogen) atoms. The summed E-state index contributed by atoms with van der Waals surface area (Å²) in [5, 5.41) is 6.25. The van der Waals surface area contributed by atoms with Crippen molar-refractivity contribution in [2.45, 2.75) is 27.2 Å². The summed E-state index contributed by atoms with van der Waals surface area (Å²) in [5.74, 6) is -1.35. The molecule has 0 saturated heterocycles. The van der Waals surface area contributed by atoms with Crippen molar-refractivity contribution in [1.29, 1.82) is 0 Å². The molecule has 0 aliphatic heterocycles. The molecular formula is C16H17FN2O4. The van der Waals surface area contributed by atoms with Gasteiger partial charge in [-0.2, -0.15) is 0 Å². The van der Waals surface area contributed by atoms with Gasteiger partial charge in [0.25, 0.3) is 5.91 Å². The zero-order valence-corrected chi connectivity index (χ0v) is 13.1. The van der Waals surface area contributed by atoms with Gasteiger partial charge in [0.2, 0.25) is 0 Å². The maximum Gasteiger partial charge on any atom is 0.344 e. The molecule has 0 aliphatic rings. The quantitative estimate of drug-likeness (QED) is 0.857. The number of ether oxygens (including phenoxy) is 1. The molecule has 1 heterocycles. The second-order valence-electron chi connectivity index (χ2n) is 5.00. The summed E-state index contributed by atoms with van der Waals surface area (Å²) >= 11 is 0. The minimum absolute atomic E-state index is 0.238. The van der Waals surface area contributed by atoms with Gasteiger partial charge in [0.05, 0.1) is 5.69 Å². The molecule has 0 unspecified atom stereocenters. The van der Waals surface area contributed by atoms with Crippen molar-refractivity contribution in [2.75, 3.05) is 11.9 Å². The van der Waals surface area contributed by atoms with E-state index in [2.05, 4.69) is 10.5 Å². The summed E-state index contributed by atoms with van der Waals surface area (Å²) in [5.41, 5.74) is 1.76. The summed E-state index contributed by atoms with van der Waals surface area (Å²) in [6.07, 6.45) is 0.510. The van der Waals surface area contributed by atoms with Gasteiger partial charge in [-0.3, -0.25) is 4.79 Å². The first-order valence-electron chi connectivity index (χ1n) is 7.10. The number of amides is 1. The van der Waals surface area contributed by atoms with Crippen LogP contribution in [-0.2, 0) is 16.0 Å².